The van der Waals surface area contributed by atoms with E-state index in [-0.39, 0.29) is 29.7 Å². The highest BCUT2D eigenvalue weighted by molar-refractivity contribution is 6.21. The molecule has 2 atom stereocenters. The highest BCUT2D eigenvalue weighted by Gasteiger charge is 2.25. The number of carbonyl (C=O) groups is 1. The number of halogens is 2. The Bertz CT molecular complexity index is 398. The molecule has 2 heterocycles. The minimum absolute atomic E-state index is 0. The van der Waals surface area contributed by atoms with Crippen LogP contribution in [-0.4, -0.2) is 36.5 Å². The van der Waals surface area contributed by atoms with Crippen LogP contribution < -0.4 is 5.32 Å². The fourth-order valence-electron chi connectivity index (χ4n) is 2.02. The molecule has 1 N–H and O–H groups in total. The summed E-state index contributed by atoms with van der Waals surface area (Å²) in [5.74, 6) is -0.110. The van der Waals surface area contributed by atoms with Gasteiger partial charge < -0.3 is 10.1 Å². The summed E-state index contributed by atoms with van der Waals surface area (Å²) in [4.78, 5) is 15.6. The summed E-state index contributed by atoms with van der Waals surface area (Å²) in [6.07, 6.45) is 2.52. The predicted molar refractivity (Wildman–Crippen MR) is 72.7 cm³/mol. The van der Waals surface area contributed by atoms with Crippen molar-refractivity contribution in [2.45, 2.75) is 17.7 Å². The van der Waals surface area contributed by atoms with Crippen LogP contribution in [0.4, 0.5) is 0 Å². The van der Waals surface area contributed by atoms with Gasteiger partial charge in [-0.3, -0.25) is 4.98 Å². The van der Waals surface area contributed by atoms with Crippen molar-refractivity contribution in [3.05, 3.63) is 29.6 Å². The molecule has 1 aliphatic rings. The van der Waals surface area contributed by atoms with E-state index in [0.717, 1.165) is 25.2 Å². The van der Waals surface area contributed by atoms with Crippen molar-refractivity contribution >= 4 is 30.0 Å². The lowest BCUT2D eigenvalue weighted by atomic mass is 9.93. The van der Waals surface area contributed by atoms with Gasteiger partial charge in [0.25, 0.3) is 0 Å². The van der Waals surface area contributed by atoms with Crippen LogP contribution in [0.3, 0.4) is 0 Å². The highest BCUT2D eigenvalue weighted by Crippen LogP contribution is 2.27. The quantitative estimate of drug-likeness (QED) is 0.668. The summed E-state index contributed by atoms with van der Waals surface area (Å²) in [5, 5.41) is 3.29. The van der Waals surface area contributed by atoms with Crippen LogP contribution in [0.15, 0.2) is 18.3 Å². The summed E-state index contributed by atoms with van der Waals surface area (Å²) in [7, 11) is 1.36. The third-order valence-corrected chi connectivity index (χ3v) is 3.45. The van der Waals surface area contributed by atoms with Crippen LogP contribution >= 0.6 is 24.0 Å². The normalized spacial score (nSPS) is 23.0. The lowest BCUT2D eigenvalue weighted by molar-refractivity contribution is 0.0600. The van der Waals surface area contributed by atoms with Gasteiger partial charge in [-0.15, -0.1) is 24.0 Å². The number of nitrogens with one attached hydrogen (secondary N) is 1. The third kappa shape index (κ3) is 3.34. The minimum Gasteiger partial charge on any atom is -0.465 e. The summed E-state index contributed by atoms with van der Waals surface area (Å²) in [6.45, 7) is 1.75. The highest BCUT2D eigenvalue weighted by atomic mass is 35.5. The standard InChI is InChI=1S/C12H15ClN2O2.ClH/c1-17-12(16)8-2-3-11(15-6-8)9-4-5-14-7-10(9)13;/h2-3,6,9-10,14H,4-5,7H2,1H3;1H. The molecule has 0 bridgehead atoms. The molecule has 0 spiro atoms. The minimum atomic E-state index is -0.364. The molecule has 1 aliphatic heterocycles. The summed E-state index contributed by atoms with van der Waals surface area (Å²) in [6, 6.07) is 3.59. The van der Waals surface area contributed by atoms with E-state index < -0.39 is 0 Å². The van der Waals surface area contributed by atoms with Crippen LogP contribution in [0.5, 0.6) is 0 Å². The zero-order chi connectivity index (χ0) is 12.3. The van der Waals surface area contributed by atoms with E-state index in [4.69, 9.17) is 11.6 Å². The maximum Gasteiger partial charge on any atom is 0.339 e. The van der Waals surface area contributed by atoms with Crippen molar-refractivity contribution < 1.29 is 9.53 Å². The van der Waals surface area contributed by atoms with Gasteiger partial charge >= 0.3 is 5.97 Å². The lowest BCUT2D eigenvalue weighted by Crippen LogP contribution is -2.36. The number of hydrogen-bond acceptors (Lipinski definition) is 4. The number of piperidine rings is 1. The Hall–Kier alpha value is -0.840. The second-order valence-electron chi connectivity index (χ2n) is 4.08. The Morgan fingerprint density at radius 1 is 1.56 bits per heavy atom. The lowest BCUT2D eigenvalue weighted by Gasteiger charge is -2.27. The van der Waals surface area contributed by atoms with Crippen molar-refractivity contribution in [3.63, 3.8) is 0 Å². The van der Waals surface area contributed by atoms with Gasteiger partial charge in [0.1, 0.15) is 0 Å². The largest absolute Gasteiger partial charge is 0.465 e. The first-order chi connectivity index (χ1) is 8.22. The second-order valence-corrected chi connectivity index (χ2v) is 4.64. The molecule has 0 saturated carbocycles. The van der Waals surface area contributed by atoms with E-state index in [1.54, 1.807) is 12.3 Å². The SMILES string of the molecule is COC(=O)c1ccc(C2CCNCC2Cl)nc1.Cl. The average Bonchev–Trinajstić information content (AvgIpc) is 2.39. The maximum atomic E-state index is 11.3. The van der Waals surface area contributed by atoms with E-state index in [1.807, 2.05) is 6.07 Å². The van der Waals surface area contributed by atoms with Gasteiger partial charge in [0.2, 0.25) is 0 Å². The van der Waals surface area contributed by atoms with Crippen molar-refractivity contribution in [2.75, 3.05) is 20.2 Å². The topological polar surface area (TPSA) is 51.2 Å². The molecule has 1 fully saturated rings. The first-order valence-electron chi connectivity index (χ1n) is 5.61. The third-order valence-electron chi connectivity index (χ3n) is 3.00. The molecule has 0 amide bonds. The van der Waals surface area contributed by atoms with Crippen molar-refractivity contribution in [1.82, 2.24) is 10.3 Å². The van der Waals surface area contributed by atoms with Crippen LogP contribution in [0.1, 0.15) is 28.4 Å². The predicted octanol–water partition coefficient (Wildman–Crippen LogP) is 1.97. The Labute approximate surface area is 117 Å². The number of esters is 1. The van der Waals surface area contributed by atoms with Gasteiger partial charge in [0.05, 0.1) is 18.1 Å². The van der Waals surface area contributed by atoms with E-state index in [1.165, 1.54) is 7.11 Å². The Kier molecular flexibility index (Phi) is 5.85. The van der Waals surface area contributed by atoms with Crippen LogP contribution in [0.25, 0.3) is 0 Å². The van der Waals surface area contributed by atoms with Crippen molar-refractivity contribution in [3.8, 4) is 0 Å². The van der Waals surface area contributed by atoms with Gasteiger partial charge in [-0.05, 0) is 25.1 Å². The summed E-state index contributed by atoms with van der Waals surface area (Å²) in [5.41, 5.74) is 1.41. The number of nitrogens with zero attached hydrogens (tertiary/aromatic N) is 1. The molecule has 1 aromatic heterocycles. The first-order valence-corrected chi connectivity index (χ1v) is 6.05. The van der Waals surface area contributed by atoms with E-state index in [0.29, 0.717) is 5.56 Å². The first kappa shape index (κ1) is 15.2. The molecule has 0 aliphatic carbocycles. The summed E-state index contributed by atoms with van der Waals surface area (Å²) < 4.78 is 4.63. The molecule has 18 heavy (non-hydrogen) atoms. The zero-order valence-corrected chi connectivity index (χ0v) is 11.6. The van der Waals surface area contributed by atoms with Crippen molar-refractivity contribution in [1.29, 1.82) is 0 Å². The number of ether oxygens (including phenoxy) is 1. The van der Waals surface area contributed by atoms with E-state index >= 15 is 0 Å². The fourth-order valence-corrected chi connectivity index (χ4v) is 2.38. The smallest absolute Gasteiger partial charge is 0.339 e. The maximum absolute atomic E-state index is 11.3. The fraction of sp³-hybridized carbons (Fsp3) is 0.500. The molecular formula is C12H16Cl2N2O2. The molecule has 0 aromatic carbocycles. The Morgan fingerprint density at radius 2 is 2.33 bits per heavy atom. The molecule has 1 aromatic rings. The number of rotatable bonds is 2. The molecule has 4 nitrogen and oxygen atoms in total. The van der Waals surface area contributed by atoms with Crippen LogP contribution in [0, 0.1) is 0 Å². The van der Waals surface area contributed by atoms with Crippen molar-refractivity contribution in [2.24, 2.45) is 0 Å². The number of pyridine rings is 1. The number of carbonyl (C=O) groups excluding carboxylic acids is 1. The van der Waals surface area contributed by atoms with E-state index in [9.17, 15) is 4.79 Å². The number of methoxy groups -OCH3 is 1. The molecule has 6 heteroatoms. The van der Waals surface area contributed by atoms with Gasteiger partial charge in [0.15, 0.2) is 0 Å². The molecule has 1 saturated heterocycles. The second kappa shape index (κ2) is 6.92. The van der Waals surface area contributed by atoms with E-state index in [2.05, 4.69) is 15.0 Å². The molecule has 0 radical (unpaired) electrons. The number of hydrogen-bond donors (Lipinski definition) is 1. The number of alkyl halides is 1. The van der Waals surface area contributed by atoms with Gasteiger partial charge in [-0.1, -0.05) is 0 Å². The van der Waals surface area contributed by atoms with Gasteiger partial charge in [0, 0.05) is 24.4 Å². The number of aromatic nitrogens is 1. The summed E-state index contributed by atoms with van der Waals surface area (Å²) >= 11 is 6.25. The van der Waals surface area contributed by atoms with Crippen LogP contribution in [-0.2, 0) is 4.74 Å². The zero-order valence-electron chi connectivity index (χ0n) is 10.1. The van der Waals surface area contributed by atoms with Gasteiger partial charge in [-0.25, -0.2) is 4.79 Å². The monoisotopic (exact) mass is 290 g/mol. The average molecular weight is 291 g/mol. The molecular weight excluding hydrogens is 275 g/mol. The molecule has 2 unspecified atom stereocenters. The molecule has 100 valence electrons. The van der Waals surface area contributed by atoms with Crippen LogP contribution in [0.2, 0.25) is 0 Å². The Balaban J connectivity index is 0.00000162. The molecule has 2 rings (SSSR count). The Morgan fingerprint density at radius 3 is 2.89 bits per heavy atom. The van der Waals surface area contributed by atoms with Gasteiger partial charge in [-0.2, -0.15) is 0 Å².